The molecule has 0 heterocycles. The number of carbonyl (C=O) groups excluding carboxylic acids is 1. The van der Waals surface area contributed by atoms with E-state index >= 15 is 0 Å². The summed E-state index contributed by atoms with van der Waals surface area (Å²) in [7, 11) is 4.47. The van der Waals surface area contributed by atoms with Gasteiger partial charge in [-0.2, -0.15) is 8.78 Å². The van der Waals surface area contributed by atoms with Gasteiger partial charge in [0, 0.05) is 13.1 Å². The first-order valence-corrected chi connectivity index (χ1v) is 9.12. The summed E-state index contributed by atoms with van der Waals surface area (Å²) < 4.78 is 44.6. The second-order valence-electron chi connectivity index (χ2n) is 6.54. The molecule has 2 aromatic rings. The van der Waals surface area contributed by atoms with Crippen LogP contribution in [0.5, 0.6) is 17.2 Å². The number of nitrogens with zero attached hydrogens (tertiary/aromatic N) is 1. The number of ether oxygens (including phenoxy) is 4. The Kier molecular flexibility index (Phi) is 8.82. The third kappa shape index (κ3) is 7.16. The lowest BCUT2D eigenvalue weighted by atomic mass is 10.2. The van der Waals surface area contributed by atoms with Crippen LogP contribution in [0.1, 0.15) is 15.9 Å². The topological polar surface area (TPSA) is 77.5 Å². The number of alkyl halides is 2. The van der Waals surface area contributed by atoms with Crippen LogP contribution >= 0.6 is 0 Å². The fourth-order valence-corrected chi connectivity index (χ4v) is 2.82. The minimum absolute atomic E-state index is 0.0272. The smallest absolute Gasteiger partial charge is 0.387 e. The molecule has 1 N–H and O–H groups in total. The van der Waals surface area contributed by atoms with Gasteiger partial charge in [-0.15, -0.1) is 0 Å². The first-order valence-electron chi connectivity index (χ1n) is 9.12. The van der Waals surface area contributed by atoms with E-state index in [1.165, 1.54) is 26.4 Å². The summed E-state index contributed by atoms with van der Waals surface area (Å²) in [5.41, 5.74) is 1.16. The molecule has 164 valence electrons. The first kappa shape index (κ1) is 23.4. The minimum Gasteiger partial charge on any atom is -0.493 e. The number of halogens is 2. The summed E-state index contributed by atoms with van der Waals surface area (Å²) in [4.78, 5) is 13.4. The number of aliphatic hydroxyl groups excluding tert-OH is 1. The average molecular weight is 425 g/mol. The molecular formula is C21H25F2NO6. The van der Waals surface area contributed by atoms with Gasteiger partial charge in [-0.1, -0.05) is 12.1 Å². The summed E-state index contributed by atoms with van der Waals surface area (Å²) >= 11 is 0. The molecule has 0 aliphatic carbocycles. The third-order valence-corrected chi connectivity index (χ3v) is 4.12. The van der Waals surface area contributed by atoms with Crippen LogP contribution in [0.3, 0.4) is 0 Å². The van der Waals surface area contributed by atoms with Crippen molar-refractivity contribution >= 4 is 5.97 Å². The molecule has 0 aromatic heterocycles. The molecule has 0 unspecified atom stereocenters. The quantitative estimate of drug-likeness (QED) is 0.555. The number of carbonyl (C=O) groups is 1. The predicted molar refractivity (Wildman–Crippen MR) is 105 cm³/mol. The van der Waals surface area contributed by atoms with Crippen molar-refractivity contribution < 1.29 is 37.6 Å². The summed E-state index contributed by atoms with van der Waals surface area (Å²) in [5.74, 6) is 0.136. The maximum Gasteiger partial charge on any atom is 0.387 e. The maximum atomic E-state index is 12.4. The molecule has 30 heavy (non-hydrogen) atoms. The first-order chi connectivity index (χ1) is 14.3. The van der Waals surface area contributed by atoms with E-state index in [0.717, 1.165) is 5.56 Å². The van der Waals surface area contributed by atoms with Crippen LogP contribution in [-0.4, -0.2) is 63.1 Å². The van der Waals surface area contributed by atoms with Gasteiger partial charge in [0.25, 0.3) is 0 Å². The Hall–Kier alpha value is -2.91. The van der Waals surface area contributed by atoms with Gasteiger partial charge in [-0.05, 0) is 42.9 Å². The van der Waals surface area contributed by atoms with Crippen LogP contribution in [-0.2, 0) is 11.3 Å². The average Bonchev–Trinajstić information content (AvgIpc) is 2.72. The van der Waals surface area contributed by atoms with Crippen molar-refractivity contribution in [2.75, 3.05) is 34.4 Å². The largest absolute Gasteiger partial charge is 0.493 e. The van der Waals surface area contributed by atoms with Crippen molar-refractivity contribution in [3.05, 3.63) is 53.6 Å². The summed E-state index contributed by atoms with van der Waals surface area (Å²) in [6, 6.07) is 11.2. The zero-order chi connectivity index (χ0) is 22.1. The zero-order valence-electron chi connectivity index (χ0n) is 17.0. The SMILES string of the molecule is COC(=O)c1cccc(OC[C@@H](O)CN(C)Cc2ccc(OC(F)F)c(OC)c2)c1. The lowest BCUT2D eigenvalue weighted by Gasteiger charge is -2.21. The molecule has 0 saturated heterocycles. The zero-order valence-corrected chi connectivity index (χ0v) is 17.0. The van der Waals surface area contributed by atoms with Crippen molar-refractivity contribution in [3.63, 3.8) is 0 Å². The van der Waals surface area contributed by atoms with Gasteiger partial charge in [-0.25, -0.2) is 4.79 Å². The Morgan fingerprint density at radius 2 is 1.90 bits per heavy atom. The Labute approximate surface area is 173 Å². The molecule has 0 bridgehead atoms. The highest BCUT2D eigenvalue weighted by molar-refractivity contribution is 5.89. The molecule has 2 aromatic carbocycles. The van der Waals surface area contributed by atoms with Crippen molar-refractivity contribution in [1.29, 1.82) is 0 Å². The van der Waals surface area contributed by atoms with E-state index in [9.17, 15) is 18.7 Å². The van der Waals surface area contributed by atoms with E-state index in [2.05, 4.69) is 9.47 Å². The second-order valence-corrected chi connectivity index (χ2v) is 6.54. The van der Waals surface area contributed by atoms with E-state index in [4.69, 9.17) is 9.47 Å². The molecule has 7 nitrogen and oxygen atoms in total. The summed E-state index contributed by atoms with van der Waals surface area (Å²) in [6.45, 7) is -2.16. The summed E-state index contributed by atoms with van der Waals surface area (Å²) in [5, 5.41) is 10.2. The molecule has 0 amide bonds. The van der Waals surface area contributed by atoms with Gasteiger partial charge in [0.2, 0.25) is 0 Å². The van der Waals surface area contributed by atoms with E-state index < -0.39 is 18.7 Å². The molecular weight excluding hydrogens is 400 g/mol. The van der Waals surface area contributed by atoms with E-state index in [-0.39, 0.29) is 18.1 Å². The monoisotopic (exact) mass is 425 g/mol. The number of methoxy groups -OCH3 is 2. The molecule has 0 aliphatic heterocycles. The maximum absolute atomic E-state index is 12.4. The number of hydrogen-bond donors (Lipinski definition) is 1. The van der Waals surface area contributed by atoms with Crippen molar-refractivity contribution in [3.8, 4) is 17.2 Å². The number of aliphatic hydroxyl groups is 1. The van der Waals surface area contributed by atoms with Crippen LogP contribution < -0.4 is 14.2 Å². The molecule has 0 saturated carbocycles. The Bertz CT molecular complexity index is 833. The van der Waals surface area contributed by atoms with E-state index in [1.54, 1.807) is 37.4 Å². The molecule has 9 heteroatoms. The minimum atomic E-state index is -2.93. The Balaban J connectivity index is 1.87. The van der Waals surface area contributed by atoms with Gasteiger partial charge in [0.15, 0.2) is 11.5 Å². The number of hydrogen-bond acceptors (Lipinski definition) is 7. The van der Waals surface area contributed by atoms with Crippen molar-refractivity contribution in [1.82, 2.24) is 4.90 Å². The van der Waals surface area contributed by atoms with Crippen molar-refractivity contribution in [2.45, 2.75) is 19.3 Å². The summed E-state index contributed by atoms with van der Waals surface area (Å²) in [6.07, 6.45) is -0.792. The fourth-order valence-electron chi connectivity index (χ4n) is 2.82. The van der Waals surface area contributed by atoms with Crippen LogP contribution in [0.2, 0.25) is 0 Å². The molecule has 0 spiro atoms. The number of likely N-dealkylation sites (N-methyl/N-ethyl adjacent to an activating group) is 1. The number of rotatable bonds is 11. The molecule has 0 aliphatic rings. The highest BCUT2D eigenvalue weighted by atomic mass is 19.3. The van der Waals surface area contributed by atoms with Crippen LogP contribution in [0.25, 0.3) is 0 Å². The van der Waals surface area contributed by atoms with Gasteiger partial charge >= 0.3 is 12.6 Å². The second kappa shape index (κ2) is 11.3. The van der Waals surface area contributed by atoms with Crippen molar-refractivity contribution in [2.24, 2.45) is 0 Å². The highest BCUT2D eigenvalue weighted by Gasteiger charge is 2.14. The van der Waals surface area contributed by atoms with Crippen LogP contribution in [0, 0.1) is 0 Å². The number of benzene rings is 2. The molecule has 1 atom stereocenters. The molecule has 0 radical (unpaired) electrons. The van der Waals surface area contributed by atoms with Crippen LogP contribution in [0.15, 0.2) is 42.5 Å². The van der Waals surface area contributed by atoms with E-state index in [1.807, 2.05) is 4.90 Å². The van der Waals surface area contributed by atoms with Gasteiger partial charge in [-0.3, -0.25) is 4.90 Å². The Morgan fingerprint density at radius 3 is 2.57 bits per heavy atom. The number of esters is 1. The van der Waals surface area contributed by atoms with Gasteiger partial charge < -0.3 is 24.1 Å². The molecule has 0 fully saturated rings. The Morgan fingerprint density at radius 1 is 1.13 bits per heavy atom. The van der Waals surface area contributed by atoms with E-state index in [0.29, 0.717) is 24.4 Å². The van der Waals surface area contributed by atoms with Crippen LogP contribution in [0.4, 0.5) is 8.78 Å². The lowest BCUT2D eigenvalue weighted by Crippen LogP contribution is -2.32. The normalized spacial score (nSPS) is 12.0. The fraction of sp³-hybridized carbons (Fsp3) is 0.381. The third-order valence-electron chi connectivity index (χ3n) is 4.12. The van der Waals surface area contributed by atoms with Gasteiger partial charge in [0.1, 0.15) is 18.5 Å². The highest BCUT2D eigenvalue weighted by Crippen LogP contribution is 2.29. The standard InChI is InChI=1S/C21H25F2NO6/c1-24(11-14-7-8-18(30-21(22)23)19(9-14)27-2)12-16(25)13-29-17-6-4-5-15(10-17)20(26)28-3/h4-10,16,21,25H,11-13H2,1-3H3/t16-/m0/s1. The molecule has 2 rings (SSSR count). The van der Waals surface area contributed by atoms with Gasteiger partial charge in [0.05, 0.1) is 19.8 Å². The predicted octanol–water partition coefficient (Wildman–Crippen LogP) is 2.95. The lowest BCUT2D eigenvalue weighted by molar-refractivity contribution is -0.0512.